The molecule has 0 fully saturated rings. The van der Waals surface area contributed by atoms with Crippen LogP contribution in [0.25, 0.3) is 10.6 Å². The predicted molar refractivity (Wildman–Crippen MR) is 88.9 cm³/mol. The van der Waals surface area contributed by atoms with Crippen LogP contribution in [-0.2, 0) is 0 Å². The van der Waals surface area contributed by atoms with Gasteiger partial charge in [-0.3, -0.25) is 4.79 Å². The molecule has 0 atom stereocenters. The van der Waals surface area contributed by atoms with E-state index in [4.69, 9.17) is 0 Å². The Balaban J connectivity index is 2.23. The lowest BCUT2D eigenvalue weighted by atomic mass is 10.1. The van der Waals surface area contributed by atoms with Gasteiger partial charge in [0.15, 0.2) is 0 Å². The number of aryl methyl sites for hydroxylation is 2. The number of hydrogen-bond acceptors (Lipinski definition) is 3. The first-order chi connectivity index (χ1) is 10.0. The topological polar surface area (TPSA) is 33.2 Å². The molecule has 1 aromatic carbocycles. The summed E-state index contributed by atoms with van der Waals surface area (Å²) in [5.74, 6) is 0.0790. The molecule has 1 heterocycles. The number of rotatable bonds is 5. The third kappa shape index (κ3) is 3.70. The first-order valence-corrected chi connectivity index (χ1v) is 8.14. The van der Waals surface area contributed by atoms with Crippen LogP contribution in [0.15, 0.2) is 24.3 Å². The summed E-state index contributed by atoms with van der Waals surface area (Å²) < 4.78 is 0. The van der Waals surface area contributed by atoms with E-state index in [1.54, 1.807) is 16.2 Å². The average molecular weight is 302 g/mol. The van der Waals surface area contributed by atoms with Crippen molar-refractivity contribution < 1.29 is 4.79 Å². The van der Waals surface area contributed by atoms with Crippen LogP contribution >= 0.6 is 11.3 Å². The molecule has 2 aromatic rings. The van der Waals surface area contributed by atoms with E-state index in [1.165, 1.54) is 4.88 Å². The molecular formula is C17H22N2OS. The van der Waals surface area contributed by atoms with Crippen LogP contribution in [0.5, 0.6) is 0 Å². The van der Waals surface area contributed by atoms with Crippen molar-refractivity contribution in [2.45, 2.75) is 33.6 Å². The molecule has 0 saturated heterocycles. The number of hydrogen-bond donors (Lipinski definition) is 0. The van der Waals surface area contributed by atoms with Gasteiger partial charge in [-0.25, -0.2) is 4.98 Å². The van der Waals surface area contributed by atoms with Gasteiger partial charge in [0, 0.05) is 29.6 Å². The average Bonchev–Trinajstić information content (AvgIpc) is 2.83. The Morgan fingerprint density at radius 3 is 2.71 bits per heavy atom. The molecule has 0 aliphatic carbocycles. The molecular weight excluding hydrogens is 280 g/mol. The molecule has 21 heavy (non-hydrogen) atoms. The molecule has 112 valence electrons. The van der Waals surface area contributed by atoms with Crippen LogP contribution in [0.3, 0.4) is 0 Å². The summed E-state index contributed by atoms with van der Waals surface area (Å²) in [7, 11) is 1.86. The largest absolute Gasteiger partial charge is 0.342 e. The van der Waals surface area contributed by atoms with Crippen molar-refractivity contribution in [1.29, 1.82) is 0 Å². The molecule has 0 saturated carbocycles. The first-order valence-electron chi connectivity index (χ1n) is 7.33. The Morgan fingerprint density at radius 2 is 2.10 bits per heavy atom. The van der Waals surface area contributed by atoms with E-state index in [2.05, 4.69) is 18.8 Å². The van der Waals surface area contributed by atoms with Crippen molar-refractivity contribution in [3.05, 3.63) is 40.4 Å². The highest BCUT2D eigenvalue weighted by atomic mass is 32.1. The molecule has 0 aliphatic rings. The zero-order valence-electron chi connectivity index (χ0n) is 13.1. The van der Waals surface area contributed by atoms with E-state index in [-0.39, 0.29) is 5.91 Å². The summed E-state index contributed by atoms with van der Waals surface area (Å²) in [6.07, 6.45) is 2.13. The van der Waals surface area contributed by atoms with Crippen LogP contribution in [0, 0.1) is 13.8 Å². The normalized spacial score (nSPS) is 10.7. The summed E-state index contributed by atoms with van der Waals surface area (Å²) in [5.41, 5.74) is 2.81. The fourth-order valence-electron chi connectivity index (χ4n) is 2.10. The number of thiazole rings is 1. The fraction of sp³-hybridized carbons (Fsp3) is 0.412. The third-order valence-corrected chi connectivity index (χ3v) is 4.70. The number of aromatic nitrogens is 1. The second-order valence-electron chi connectivity index (χ2n) is 5.32. The highest BCUT2D eigenvalue weighted by Gasteiger charge is 2.13. The Kier molecular flexibility index (Phi) is 5.12. The number of carbonyl (C=O) groups excluding carboxylic acids is 1. The van der Waals surface area contributed by atoms with E-state index in [1.807, 2.05) is 38.2 Å². The summed E-state index contributed by atoms with van der Waals surface area (Å²) in [4.78, 5) is 20.0. The SMILES string of the molecule is CCCCN(C)C(=O)c1cccc(-c2nc(C)c(C)s2)c1. The highest BCUT2D eigenvalue weighted by Crippen LogP contribution is 2.28. The monoisotopic (exact) mass is 302 g/mol. The summed E-state index contributed by atoms with van der Waals surface area (Å²) in [5, 5.41) is 0.982. The maximum Gasteiger partial charge on any atom is 0.253 e. The van der Waals surface area contributed by atoms with Gasteiger partial charge in [-0.1, -0.05) is 25.5 Å². The van der Waals surface area contributed by atoms with Gasteiger partial charge < -0.3 is 4.90 Å². The maximum atomic E-state index is 12.4. The molecule has 4 heteroatoms. The van der Waals surface area contributed by atoms with E-state index in [0.717, 1.165) is 41.2 Å². The van der Waals surface area contributed by atoms with E-state index < -0.39 is 0 Å². The standard InChI is InChI=1S/C17H22N2OS/c1-5-6-10-19(4)17(20)15-9-7-8-14(11-15)16-18-12(2)13(3)21-16/h7-9,11H,5-6,10H2,1-4H3. The van der Waals surface area contributed by atoms with Crippen LogP contribution in [-0.4, -0.2) is 29.4 Å². The molecule has 0 N–H and O–H groups in total. The molecule has 2 rings (SSSR count). The van der Waals surface area contributed by atoms with Crippen LogP contribution in [0.2, 0.25) is 0 Å². The van der Waals surface area contributed by atoms with Crippen LogP contribution < -0.4 is 0 Å². The van der Waals surface area contributed by atoms with Crippen molar-refractivity contribution >= 4 is 17.2 Å². The van der Waals surface area contributed by atoms with Gasteiger partial charge in [0.2, 0.25) is 0 Å². The van der Waals surface area contributed by atoms with E-state index >= 15 is 0 Å². The molecule has 0 radical (unpaired) electrons. The van der Waals surface area contributed by atoms with Gasteiger partial charge in [0.25, 0.3) is 5.91 Å². The lowest BCUT2D eigenvalue weighted by Gasteiger charge is -2.17. The number of carbonyl (C=O) groups is 1. The Hall–Kier alpha value is -1.68. The quantitative estimate of drug-likeness (QED) is 0.825. The minimum absolute atomic E-state index is 0.0790. The Bertz CT molecular complexity index is 614. The van der Waals surface area contributed by atoms with Gasteiger partial charge in [-0.15, -0.1) is 11.3 Å². The van der Waals surface area contributed by atoms with Gasteiger partial charge >= 0.3 is 0 Å². The zero-order valence-corrected chi connectivity index (χ0v) is 14.0. The molecule has 0 aliphatic heterocycles. The molecule has 0 spiro atoms. The fourth-order valence-corrected chi connectivity index (χ4v) is 3.01. The second kappa shape index (κ2) is 6.85. The van der Waals surface area contributed by atoms with Crippen molar-refractivity contribution in [3.63, 3.8) is 0 Å². The Labute approximate surface area is 130 Å². The van der Waals surface area contributed by atoms with Gasteiger partial charge in [-0.05, 0) is 32.4 Å². The lowest BCUT2D eigenvalue weighted by molar-refractivity contribution is 0.0793. The summed E-state index contributed by atoms with van der Waals surface area (Å²) in [6.45, 7) is 7.02. The van der Waals surface area contributed by atoms with Crippen molar-refractivity contribution in [1.82, 2.24) is 9.88 Å². The molecule has 3 nitrogen and oxygen atoms in total. The van der Waals surface area contributed by atoms with Crippen LogP contribution in [0.4, 0.5) is 0 Å². The van der Waals surface area contributed by atoms with Gasteiger partial charge in [0.05, 0.1) is 5.69 Å². The van der Waals surface area contributed by atoms with Gasteiger partial charge in [-0.2, -0.15) is 0 Å². The van der Waals surface area contributed by atoms with Crippen molar-refractivity contribution in [3.8, 4) is 10.6 Å². The minimum atomic E-state index is 0.0790. The number of unbranched alkanes of at least 4 members (excludes halogenated alkanes) is 1. The van der Waals surface area contributed by atoms with Gasteiger partial charge in [0.1, 0.15) is 5.01 Å². The number of nitrogens with zero attached hydrogens (tertiary/aromatic N) is 2. The molecule has 0 unspecified atom stereocenters. The maximum absolute atomic E-state index is 12.4. The van der Waals surface area contributed by atoms with Crippen molar-refractivity contribution in [2.24, 2.45) is 0 Å². The first kappa shape index (κ1) is 15.7. The number of benzene rings is 1. The second-order valence-corrected chi connectivity index (χ2v) is 6.52. The van der Waals surface area contributed by atoms with E-state index in [0.29, 0.717) is 0 Å². The summed E-state index contributed by atoms with van der Waals surface area (Å²) in [6, 6.07) is 7.77. The molecule has 1 aromatic heterocycles. The van der Waals surface area contributed by atoms with Crippen molar-refractivity contribution in [2.75, 3.05) is 13.6 Å². The molecule has 0 bridgehead atoms. The zero-order chi connectivity index (χ0) is 15.4. The molecule has 1 amide bonds. The highest BCUT2D eigenvalue weighted by molar-refractivity contribution is 7.15. The van der Waals surface area contributed by atoms with E-state index in [9.17, 15) is 4.79 Å². The minimum Gasteiger partial charge on any atom is -0.342 e. The Morgan fingerprint density at radius 1 is 1.33 bits per heavy atom. The smallest absolute Gasteiger partial charge is 0.253 e. The van der Waals surface area contributed by atoms with Crippen LogP contribution in [0.1, 0.15) is 40.7 Å². The predicted octanol–water partition coefficient (Wildman–Crippen LogP) is 4.30. The summed E-state index contributed by atoms with van der Waals surface area (Å²) >= 11 is 1.67. The number of amides is 1. The third-order valence-electron chi connectivity index (χ3n) is 3.58. The lowest BCUT2D eigenvalue weighted by Crippen LogP contribution is -2.27.